The Bertz CT molecular complexity index is 958. The van der Waals surface area contributed by atoms with Gasteiger partial charge in [-0.3, -0.25) is 9.59 Å². The molecule has 0 saturated carbocycles. The van der Waals surface area contributed by atoms with E-state index in [9.17, 15) is 14.0 Å². The number of nitrogens with one attached hydrogen (secondary N) is 1. The molecule has 0 heterocycles. The first-order chi connectivity index (χ1) is 14.0. The van der Waals surface area contributed by atoms with Crippen molar-refractivity contribution in [3.63, 3.8) is 0 Å². The molecule has 0 aliphatic carbocycles. The highest BCUT2D eigenvalue weighted by Gasteiger charge is 2.19. The second kappa shape index (κ2) is 9.50. The Balaban J connectivity index is 1.59. The fraction of sp³-hybridized carbons (Fsp3) is 0.130. The van der Waals surface area contributed by atoms with E-state index in [1.165, 1.54) is 24.3 Å². The SMILES string of the molecule is NC(=O)[C@@H](Cc1ccc(OCc2ccccc2)cc1)NC(=O)c1ccc(F)cc1. The number of benzene rings is 3. The average molecular weight is 392 g/mol. The lowest BCUT2D eigenvalue weighted by atomic mass is 10.0. The van der Waals surface area contributed by atoms with Crippen LogP contribution in [0.25, 0.3) is 0 Å². The lowest BCUT2D eigenvalue weighted by Crippen LogP contribution is -2.45. The van der Waals surface area contributed by atoms with Crippen LogP contribution in [0.2, 0.25) is 0 Å². The molecule has 0 radical (unpaired) electrons. The van der Waals surface area contributed by atoms with Crippen LogP contribution in [0.5, 0.6) is 5.75 Å². The summed E-state index contributed by atoms with van der Waals surface area (Å²) in [4.78, 5) is 24.0. The van der Waals surface area contributed by atoms with Crippen LogP contribution in [0.4, 0.5) is 4.39 Å². The first-order valence-electron chi connectivity index (χ1n) is 9.12. The molecule has 1 atom stereocenters. The molecule has 0 spiro atoms. The van der Waals surface area contributed by atoms with Crippen molar-refractivity contribution in [2.24, 2.45) is 5.73 Å². The van der Waals surface area contributed by atoms with Gasteiger partial charge in [-0.05, 0) is 47.5 Å². The first kappa shape index (κ1) is 20.1. The topological polar surface area (TPSA) is 81.4 Å². The predicted molar refractivity (Wildman–Crippen MR) is 108 cm³/mol. The Morgan fingerprint density at radius 2 is 1.55 bits per heavy atom. The summed E-state index contributed by atoms with van der Waals surface area (Å²) in [5, 5.41) is 2.59. The molecule has 0 saturated heterocycles. The van der Waals surface area contributed by atoms with Crippen molar-refractivity contribution in [1.29, 1.82) is 0 Å². The number of hydrogen-bond donors (Lipinski definition) is 2. The summed E-state index contributed by atoms with van der Waals surface area (Å²) in [6.07, 6.45) is 0.237. The number of carbonyl (C=O) groups is 2. The molecular formula is C23H21FN2O3. The Labute approximate surface area is 168 Å². The van der Waals surface area contributed by atoms with E-state index in [4.69, 9.17) is 10.5 Å². The summed E-state index contributed by atoms with van der Waals surface area (Å²) in [6, 6.07) is 21.2. The highest BCUT2D eigenvalue weighted by Crippen LogP contribution is 2.15. The van der Waals surface area contributed by atoms with Crippen LogP contribution in [0.1, 0.15) is 21.5 Å². The molecule has 0 fully saturated rings. The second-order valence-corrected chi connectivity index (χ2v) is 6.56. The lowest BCUT2D eigenvalue weighted by molar-refractivity contribution is -0.119. The average Bonchev–Trinajstić information content (AvgIpc) is 2.74. The van der Waals surface area contributed by atoms with Crippen molar-refractivity contribution in [2.45, 2.75) is 19.1 Å². The van der Waals surface area contributed by atoms with Crippen molar-refractivity contribution < 1.29 is 18.7 Å². The minimum absolute atomic E-state index is 0.237. The standard InChI is InChI=1S/C23H21FN2O3/c24-19-10-8-18(9-11-19)23(28)26-21(22(25)27)14-16-6-12-20(13-7-16)29-15-17-4-2-1-3-5-17/h1-13,21H,14-15H2,(H2,25,27)(H,26,28)/t21-/m1/s1. The van der Waals surface area contributed by atoms with Gasteiger partial charge in [-0.2, -0.15) is 0 Å². The summed E-state index contributed by atoms with van der Waals surface area (Å²) >= 11 is 0. The summed E-state index contributed by atoms with van der Waals surface area (Å²) in [7, 11) is 0. The maximum absolute atomic E-state index is 13.0. The number of rotatable bonds is 8. The predicted octanol–water partition coefficient (Wildman–Crippen LogP) is 3.23. The summed E-state index contributed by atoms with van der Waals surface area (Å²) < 4.78 is 18.7. The molecule has 0 aliphatic rings. The molecule has 5 nitrogen and oxygen atoms in total. The molecule has 0 aromatic heterocycles. The number of amides is 2. The molecule has 3 aromatic carbocycles. The number of nitrogens with two attached hydrogens (primary N) is 1. The smallest absolute Gasteiger partial charge is 0.251 e. The van der Waals surface area contributed by atoms with Crippen molar-refractivity contribution in [2.75, 3.05) is 0 Å². The van der Waals surface area contributed by atoms with Gasteiger partial charge in [0.05, 0.1) is 0 Å². The Morgan fingerprint density at radius 1 is 0.897 bits per heavy atom. The van der Waals surface area contributed by atoms with Gasteiger partial charge in [-0.1, -0.05) is 42.5 Å². The largest absolute Gasteiger partial charge is 0.489 e. The van der Waals surface area contributed by atoms with Gasteiger partial charge in [0.2, 0.25) is 5.91 Å². The molecule has 0 bridgehead atoms. The summed E-state index contributed by atoms with van der Waals surface area (Å²) in [5.41, 5.74) is 7.57. The number of halogens is 1. The molecule has 2 amide bonds. The van der Waals surface area contributed by atoms with E-state index in [-0.39, 0.29) is 12.0 Å². The van der Waals surface area contributed by atoms with Crippen LogP contribution in [0.15, 0.2) is 78.9 Å². The zero-order valence-electron chi connectivity index (χ0n) is 15.7. The molecule has 148 valence electrons. The second-order valence-electron chi connectivity index (χ2n) is 6.56. The van der Waals surface area contributed by atoms with Gasteiger partial charge >= 0.3 is 0 Å². The third-order valence-electron chi connectivity index (χ3n) is 4.37. The Morgan fingerprint density at radius 3 is 2.17 bits per heavy atom. The molecule has 0 unspecified atom stereocenters. The van der Waals surface area contributed by atoms with E-state index >= 15 is 0 Å². The van der Waals surface area contributed by atoms with E-state index in [0.717, 1.165) is 11.1 Å². The van der Waals surface area contributed by atoms with Gasteiger partial charge in [0, 0.05) is 12.0 Å². The molecule has 3 N–H and O–H groups in total. The van der Waals surface area contributed by atoms with Gasteiger partial charge in [0.15, 0.2) is 0 Å². The number of primary amides is 1. The van der Waals surface area contributed by atoms with Crippen LogP contribution in [0, 0.1) is 5.82 Å². The van der Waals surface area contributed by atoms with E-state index in [1.54, 1.807) is 12.1 Å². The normalized spacial score (nSPS) is 11.5. The fourth-order valence-corrected chi connectivity index (χ4v) is 2.76. The fourth-order valence-electron chi connectivity index (χ4n) is 2.76. The Hall–Kier alpha value is -3.67. The molecule has 0 aliphatic heterocycles. The van der Waals surface area contributed by atoms with Gasteiger partial charge in [-0.25, -0.2) is 4.39 Å². The zero-order chi connectivity index (χ0) is 20.6. The quantitative estimate of drug-likeness (QED) is 0.618. The van der Waals surface area contributed by atoms with Crippen LogP contribution in [-0.2, 0) is 17.8 Å². The lowest BCUT2D eigenvalue weighted by Gasteiger charge is -2.16. The van der Waals surface area contributed by atoms with E-state index in [1.807, 2.05) is 42.5 Å². The van der Waals surface area contributed by atoms with Gasteiger partial charge in [0.25, 0.3) is 5.91 Å². The molecular weight excluding hydrogens is 371 g/mol. The highest BCUT2D eigenvalue weighted by atomic mass is 19.1. The van der Waals surface area contributed by atoms with Crippen LogP contribution in [0.3, 0.4) is 0 Å². The molecule has 3 aromatic rings. The molecule has 29 heavy (non-hydrogen) atoms. The minimum Gasteiger partial charge on any atom is -0.489 e. The highest BCUT2D eigenvalue weighted by molar-refractivity contribution is 5.97. The summed E-state index contributed by atoms with van der Waals surface area (Å²) in [5.74, 6) is -0.882. The van der Waals surface area contributed by atoms with Crippen LogP contribution < -0.4 is 15.8 Å². The third-order valence-corrected chi connectivity index (χ3v) is 4.37. The van der Waals surface area contributed by atoms with E-state index in [0.29, 0.717) is 12.4 Å². The van der Waals surface area contributed by atoms with Crippen molar-refractivity contribution in [3.05, 3.63) is 101 Å². The van der Waals surface area contributed by atoms with Crippen molar-refractivity contribution in [3.8, 4) is 5.75 Å². The maximum atomic E-state index is 13.0. The van der Waals surface area contributed by atoms with Gasteiger partial charge in [-0.15, -0.1) is 0 Å². The van der Waals surface area contributed by atoms with E-state index in [2.05, 4.69) is 5.32 Å². The van der Waals surface area contributed by atoms with Gasteiger partial charge < -0.3 is 15.8 Å². The minimum atomic E-state index is -0.886. The third kappa shape index (κ3) is 5.90. The van der Waals surface area contributed by atoms with Crippen LogP contribution >= 0.6 is 0 Å². The maximum Gasteiger partial charge on any atom is 0.251 e. The number of hydrogen-bond acceptors (Lipinski definition) is 3. The number of ether oxygens (including phenoxy) is 1. The number of carbonyl (C=O) groups excluding carboxylic acids is 2. The monoisotopic (exact) mass is 392 g/mol. The zero-order valence-corrected chi connectivity index (χ0v) is 15.7. The van der Waals surface area contributed by atoms with Gasteiger partial charge in [0.1, 0.15) is 24.2 Å². The van der Waals surface area contributed by atoms with E-state index < -0.39 is 23.7 Å². The summed E-state index contributed by atoms with van der Waals surface area (Å²) in [6.45, 7) is 0.456. The Kier molecular flexibility index (Phi) is 6.58. The first-order valence-corrected chi connectivity index (χ1v) is 9.12. The van der Waals surface area contributed by atoms with Crippen molar-refractivity contribution >= 4 is 11.8 Å². The van der Waals surface area contributed by atoms with Crippen molar-refractivity contribution in [1.82, 2.24) is 5.32 Å². The van der Waals surface area contributed by atoms with Crippen LogP contribution in [-0.4, -0.2) is 17.9 Å². The molecule has 3 rings (SSSR count). The molecule has 6 heteroatoms.